The third-order valence-corrected chi connectivity index (χ3v) is 5.22. The Balaban J connectivity index is 2.38. The highest BCUT2D eigenvalue weighted by Crippen LogP contribution is 2.35. The number of aromatic nitrogens is 1. The second-order valence-corrected chi connectivity index (χ2v) is 6.95. The number of halogens is 1. The van der Waals surface area contributed by atoms with Crippen molar-refractivity contribution in [2.75, 3.05) is 13.7 Å². The lowest BCUT2D eigenvalue weighted by molar-refractivity contribution is -0.137. The highest BCUT2D eigenvalue weighted by molar-refractivity contribution is 7.89. The van der Waals surface area contributed by atoms with Crippen LogP contribution in [0.15, 0.2) is 17.2 Å². The molecule has 0 saturated heterocycles. The van der Waals surface area contributed by atoms with E-state index in [-0.39, 0.29) is 34.8 Å². The molecule has 0 bridgehead atoms. The molecule has 1 aliphatic carbocycles. The number of carboxylic acids is 1. The Morgan fingerprint density at radius 1 is 1.57 bits per heavy atom. The molecule has 0 amide bonds. The minimum absolute atomic E-state index is 0.0552. The van der Waals surface area contributed by atoms with E-state index in [4.69, 9.17) is 21.4 Å². The molecule has 0 spiro atoms. The summed E-state index contributed by atoms with van der Waals surface area (Å²) in [5.41, 5.74) is 0. The van der Waals surface area contributed by atoms with Crippen molar-refractivity contribution in [1.29, 1.82) is 0 Å². The number of carbonyl (C=O) groups is 1. The molecule has 1 N–H and O–H groups in total. The van der Waals surface area contributed by atoms with Crippen LogP contribution in [0.3, 0.4) is 0 Å². The molecule has 0 aromatic carbocycles. The number of methoxy groups -OCH3 is 1. The lowest BCUT2D eigenvalue weighted by atomic mass is 10.4. The van der Waals surface area contributed by atoms with Gasteiger partial charge >= 0.3 is 5.97 Å². The number of hydrogen-bond donors (Lipinski definition) is 1. The van der Waals surface area contributed by atoms with Gasteiger partial charge in [0.15, 0.2) is 0 Å². The summed E-state index contributed by atoms with van der Waals surface area (Å²) in [5, 5.41) is 8.94. The zero-order valence-corrected chi connectivity index (χ0v) is 12.9. The first-order valence-electron chi connectivity index (χ1n) is 6.29. The van der Waals surface area contributed by atoms with Crippen molar-refractivity contribution < 1.29 is 23.1 Å². The second-order valence-electron chi connectivity index (χ2n) is 4.65. The first kappa shape index (κ1) is 16.0. The van der Waals surface area contributed by atoms with Crippen LogP contribution in [0.25, 0.3) is 0 Å². The quantitative estimate of drug-likeness (QED) is 0.809. The molecule has 7 nitrogen and oxygen atoms in total. The van der Waals surface area contributed by atoms with Crippen molar-refractivity contribution in [3.05, 3.63) is 17.3 Å². The maximum absolute atomic E-state index is 12.7. The normalized spacial score (nSPS) is 15.2. The van der Waals surface area contributed by atoms with Crippen LogP contribution in [0.4, 0.5) is 0 Å². The Morgan fingerprint density at radius 3 is 2.76 bits per heavy atom. The molecule has 116 valence electrons. The number of pyridine rings is 1. The average Bonchev–Trinajstić information content (AvgIpc) is 3.23. The fraction of sp³-hybridized carbons (Fsp3) is 0.500. The maximum atomic E-state index is 12.7. The summed E-state index contributed by atoms with van der Waals surface area (Å²) in [4.78, 5) is 14.4. The Hall–Kier alpha value is -1.38. The molecule has 0 aliphatic heterocycles. The van der Waals surface area contributed by atoms with Gasteiger partial charge in [-0.05, 0) is 18.9 Å². The minimum Gasteiger partial charge on any atom is -0.481 e. The van der Waals surface area contributed by atoms with E-state index in [1.54, 1.807) is 0 Å². The van der Waals surface area contributed by atoms with E-state index in [0.29, 0.717) is 0 Å². The van der Waals surface area contributed by atoms with E-state index in [9.17, 15) is 13.2 Å². The molecule has 1 fully saturated rings. The summed E-state index contributed by atoms with van der Waals surface area (Å²) in [6, 6.07) is 1.09. The number of carboxylic acid groups (broad SMARTS) is 1. The van der Waals surface area contributed by atoms with Gasteiger partial charge in [-0.1, -0.05) is 11.6 Å². The highest BCUT2D eigenvalue weighted by Gasteiger charge is 2.39. The van der Waals surface area contributed by atoms with Crippen LogP contribution >= 0.6 is 11.6 Å². The Kier molecular flexibility index (Phi) is 4.70. The van der Waals surface area contributed by atoms with Crippen molar-refractivity contribution in [3.63, 3.8) is 0 Å². The molecule has 1 aliphatic rings. The molecule has 0 radical (unpaired) electrons. The van der Waals surface area contributed by atoms with E-state index in [2.05, 4.69) is 4.98 Å². The van der Waals surface area contributed by atoms with Gasteiger partial charge < -0.3 is 9.84 Å². The van der Waals surface area contributed by atoms with Crippen LogP contribution in [-0.4, -0.2) is 48.5 Å². The molecule has 1 saturated carbocycles. The zero-order chi connectivity index (χ0) is 15.6. The zero-order valence-electron chi connectivity index (χ0n) is 11.3. The van der Waals surface area contributed by atoms with Gasteiger partial charge in [-0.3, -0.25) is 4.79 Å². The van der Waals surface area contributed by atoms with Gasteiger partial charge in [-0.25, -0.2) is 13.4 Å². The Bertz CT molecular complexity index is 645. The van der Waals surface area contributed by atoms with Gasteiger partial charge in [-0.2, -0.15) is 4.31 Å². The summed E-state index contributed by atoms with van der Waals surface area (Å²) in [5.74, 6) is -1.10. The highest BCUT2D eigenvalue weighted by atomic mass is 35.5. The lowest BCUT2D eigenvalue weighted by Crippen LogP contribution is -2.35. The Morgan fingerprint density at radius 2 is 2.24 bits per heavy atom. The van der Waals surface area contributed by atoms with Crippen LogP contribution in [0.5, 0.6) is 5.88 Å². The van der Waals surface area contributed by atoms with Gasteiger partial charge in [0.2, 0.25) is 15.9 Å². The summed E-state index contributed by atoms with van der Waals surface area (Å²) >= 11 is 5.81. The van der Waals surface area contributed by atoms with Crippen LogP contribution in [0.1, 0.15) is 19.3 Å². The maximum Gasteiger partial charge on any atom is 0.304 e. The smallest absolute Gasteiger partial charge is 0.304 e. The van der Waals surface area contributed by atoms with Gasteiger partial charge in [0, 0.05) is 18.8 Å². The molecular weight excluding hydrogens is 320 g/mol. The van der Waals surface area contributed by atoms with Gasteiger partial charge in [0.05, 0.1) is 18.6 Å². The number of hydrogen-bond acceptors (Lipinski definition) is 5. The van der Waals surface area contributed by atoms with Gasteiger partial charge in [0.1, 0.15) is 4.90 Å². The molecule has 9 heteroatoms. The molecule has 1 aromatic rings. The Labute approximate surface area is 127 Å². The largest absolute Gasteiger partial charge is 0.481 e. The first-order valence-corrected chi connectivity index (χ1v) is 8.11. The van der Waals surface area contributed by atoms with E-state index >= 15 is 0 Å². The van der Waals surface area contributed by atoms with Crippen LogP contribution in [0, 0.1) is 0 Å². The second kappa shape index (κ2) is 6.17. The third kappa shape index (κ3) is 3.63. The van der Waals surface area contributed by atoms with E-state index in [1.165, 1.54) is 23.7 Å². The molecule has 2 rings (SSSR count). The summed E-state index contributed by atoms with van der Waals surface area (Å²) in [6.45, 7) is -0.0853. The first-order chi connectivity index (χ1) is 9.86. The van der Waals surface area contributed by atoms with Crippen LogP contribution in [0.2, 0.25) is 5.02 Å². The van der Waals surface area contributed by atoms with Crippen molar-refractivity contribution in [2.45, 2.75) is 30.2 Å². The monoisotopic (exact) mass is 334 g/mol. The molecular formula is C12H15ClN2O5S. The van der Waals surface area contributed by atoms with Crippen molar-refractivity contribution in [2.24, 2.45) is 0 Å². The number of sulfonamides is 1. The average molecular weight is 335 g/mol. The number of aliphatic carboxylic acids is 1. The SMILES string of the molecule is COc1ncc(Cl)cc1S(=O)(=O)N(CCC(=O)O)C1CC1. The number of rotatable bonds is 7. The standard InChI is InChI=1S/C12H15ClN2O5S/c1-20-12-10(6-8(13)7-14-12)21(18,19)15(9-2-3-9)5-4-11(16)17/h6-7,9H,2-5H2,1H3,(H,16,17). The van der Waals surface area contributed by atoms with Crippen LogP contribution < -0.4 is 4.74 Å². The van der Waals surface area contributed by atoms with Crippen LogP contribution in [-0.2, 0) is 14.8 Å². The summed E-state index contributed by atoms with van der Waals surface area (Å²) < 4.78 is 31.6. The van der Waals surface area contributed by atoms with Crippen molar-refractivity contribution >= 4 is 27.6 Å². The van der Waals surface area contributed by atoms with Gasteiger partial charge in [-0.15, -0.1) is 0 Å². The van der Waals surface area contributed by atoms with E-state index in [0.717, 1.165) is 12.8 Å². The minimum atomic E-state index is -3.90. The van der Waals surface area contributed by atoms with Crippen molar-refractivity contribution in [1.82, 2.24) is 9.29 Å². The van der Waals surface area contributed by atoms with E-state index in [1.807, 2.05) is 0 Å². The summed E-state index contributed by atoms with van der Waals surface area (Å²) in [7, 11) is -2.59. The molecule has 1 aromatic heterocycles. The predicted molar refractivity (Wildman–Crippen MR) is 75.0 cm³/mol. The third-order valence-electron chi connectivity index (χ3n) is 3.07. The number of nitrogens with zero attached hydrogens (tertiary/aromatic N) is 2. The molecule has 1 heterocycles. The molecule has 0 atom stereocenters. The van der Waals surface area contributed by atoms with Crippen molar-refractivity contribution in [3.8, 4) is 5.88 Å². The number of ether oxygens (including phenoxy) is 1. The molecule has 0 unspecified atom stereocenters. The molecule has 21 heavy (non-hydrogen) atoms. The fourth-order valence-corrected chi connectivity index (χ4v) is 3.98. The lowest BCUT2D eigenvalue weighted by Gasteiger charge is -2.22. The summed E-state index contributed by atoms with van der Waals surface area (Å²) in [6.07, 6.45) is 2.47. The topological polar surface area (TPSA) is 96.8 Å². The van der Waals surface area contributed by atoms with Gasteiger partial charge in [0.25, 0.3) is 0 Å². The predicted octanol–water partition coefficient (Wildman–Crippen LogP) is 1.37. The van der Waals surface area contributed by atoms with E-state index < -0.39 is 16.0 Å². The fourth-order valence-electron chi connectivity index (χ4n) is 1.94.